The van der Waals surface area contributed by atoms with Crippen molar-refractivity contribution in [3.8, 4) is 5.75 Å². The highest BCUT2D eigenvalue weighted by atomic mass is 32.2. The van der Waals surface area contributed by atoms with E-state index in [1.54, 1.807) is 38.3 Å². The van der Waals surface area contributed by atoms with E-state index in [-0.39, 0.29) is 12.5 Å². The zero-order valence-electron chi connectivity index (χ0n) is 21.7. The summed E-state index contributed by atoms with van der Waals surface area (Å²) in [5.74, 6) is -0.127. The second-order valence-electron chi connectivity index (χ2n) is 9.54. The molecule has 0 aromatic heterocycles. The molecule has 0 bridgehead atoms. The molecule has 0 aliphatic carbocycles. The lowest BCUT2D eigenvalue weighted by Crippen LogP contribution is -2.54. The third kappa shape index (κ3) is 7.99. The molecule has 9 heteroatoms. The van der Waals surface area contributed by atoms with Crippen LogP contribution >= 0.6 is 0 Å². The normalized spacial score (nSPS) is 12.5. The van der Waals surface area contributed by atoms with Crippen molar-refractivity contribution in [2.45, 2.75) is 59.2 Å². The molecule has 192 valence electrons. The van der Waals surface area contributed by atoms with E-state index in [1.807, 2.05) is 52.0 Å². The van der Waals surface area contributed by atoms with Crippen molar-refractivity contribution >= 4 is 27.5 Å². The van der Waals surface area contributed by atoms with Gasteiger partial charge in [0.2, 0.25) is 21.8 Å². The first-order chi connectivity index (χ1) is 16.3. The summed E-state index contributed by atoms with van der Waals surface area (Å²) in [7, 11) is -2.20. The Balaban J connectivity index is 2.43. The van der Waals surface area contributed by atoms with Crippen LogP contribution in [0.25, 0.3) is 0 Å². The van der Waals surface area contributed by atoms with Crippen LogP contribution in [-0.4, -0.2) is 56.6 Å². The third-order valence-electron chi connectivity index (χ3n) is 5.50. The van der Waals surface area contributed by atoms with Crippen molar-refractivity contribution in [2.75, 3.05) is 24.2 Å². The van der Waals surface area contributed by atoms with Crippen LogP contribution in [0.4, 0.5) is 5.69 Å². The van der Waals surface area contributed by atoms with Crippen LogP contribution in [-0.2, 0) is 32.6 Å². The van der Waals surface area contributed by atoms with Gasteiger partial charge < -0.3 is 15.0 Å². The minimum absolute atomic E-state index is 0.134. The van der Waals surface area contributed by atoms with Crippen LogP contribution in [0.5, 0.6) is 5.75 Å². The quantitative estimate of drug-likeness (QED) is 0.536. The average molecular weight is 504 g/mol. The SMILES string of the molecule is CCc1ccccc1N(CC(=O)N(Cc1ccc(OC)cc1)[C@@H](C)C(=O)NC(C)(C)C)S(C)(=O)=O. The van der Waals surface area contributed by atoms with Crippen molar-refractivity contribution in [3.63, 3.8) is 0 Å². The number of nitrogens with one attached hydrogen (secondary N) is 1. The Morgan fingerprint density at radius 3 is 2.17 bits per heavy atom. The number of hydrogen-bond acceptors (Lipinski definition) is 5. The summed E-state index contributed by atoms with van der Waals surface area (Å²) in [5.41, 5.74) is 1.57. The maximum absolute atomic E-state index is 13.6. The highest BCUT2D eigenvalue weighted by Crippen LogP contribution is 2.24. The highest BCUT2D eigenvalue weighted by Gasteiger charge is 2.31. The number of amides is 2. The molecular formula is C26H37N3O5S. The van der Waals surface area contributed by atoms with E-state index >= 15 is 0 Å². The molecule has 0 saturated carbocycles. The van der Waals surface area contributed by atoms with E-state index in [0.717, 1.165) is 21.7 Å². The molecule has 1 atom stereocenters. The van der Waals surface area contributed by atoms with Gasteiger partial charge in [0.15, 0.2) is 0 Å². The van der Waals surface area contributed by atoms with Gasteiger partial charge in [-0.15, -0.1) is 0 Å². The van der Waals surface area contributed by atoms with Gasteiger partial charge in [-0.1, -0.05) is 37.3 Å². The van der Waals surface area contributed by atoms with Gasteiger partial charge in [-0.3, -0.25) is 13.9 Å². The number of rotatable bonds is 10. The standard InChI is InChI=1S/C26H37N3O5S/c1-8-21-11-9-10-12-23(21)29(35(7,32)33)18-24(30)28(19(2)25(31)27-26(3,4)5)17-20-13-15-22(34-6)16-14-20/h9-16,19H,8,17-18H2,1-7H3,(H,27,31)/t19-/m0/s1. The van der Waals surface area contributed by atoms with Gasteiger partial charge in [0.05, 0.1) is 19.1 Å². The van der Waals surface area contributed by atoms with Crippen molar-refractivity contribution in [3.05, 3.63) is 59.7 Å². The van der Waals surface area contributed by atoms with Crippen LogP contribution in [0.3, 0.4) is 0 Å². The second kappa shape index (κ2) is 11.6. The number of carbonyl (C=O) groups excluding carboxylic acids is 2. The lowest BCUT2D eigenvalue weighted by atomic mass is 10.1. The number of benzene rings is 2. The molecule has 0 fully saturated rings. The lowest BCUT2D eigenvalue weighted by molar-refractivity contribution is -0.140. The molecule has 35 heavy (non-hydrogen) atoms. The molecule has 0 unspecified atom stereocenters. The molecule has 1 N–H and O–H groups in total. The van der Waals surface area contributed by atoms with Gasteiger partial charge in [-0.2, -0.15) is 0 Å². The minimum atomic E-state index is -3.77. The van der Waals surface area contributed by atoms with Gasteiger partial charge in [-0.25, -0.2) is 8.42 Å². The number of nitrogens with zero attached hydrogens (tertiary/aromatic N) is 2. The first kappa shape index (κ1) is 28.2. The number of hydrogen-bond donors (Lipinski definition) is 1. The maximum atomic E-state index is 13.6. The number of para-hydroxylation sites is 1. The molecule has 8 nitrogen and oxygen atoms in total. The summed E-state index contributed by atoms with van der Waals surface area (Å²) in [4.78, 5) is 28.0. The molecular weight excluding hydrogens is 466 g/mol. The minimum Gasteiger partial charge on any atom is -0.497 e. The molecule has 0 aliphatic heterocycles. The molecule has 0 spiro atoms. The molecule has 2 aromatic carbocycles. The Labute approximate surface area is 209 Å². The molecule has 0 saturated heterocycles. The predicted octanol–water partition coefficient (Wildman–Crippen LogP) is 3.36. The highest BCUT2D eigenvalue weighted by molar-refractivity contribution is 7.92. The van der Waals surface area contributed by atoms with Crippen molar-refractivity contribution in [1.82, 2.24) is 10.2 Å². The number of aryl methyl sites for hydroxylation is 1. The average Bonchev–Trinajstić information content (AvgIpc) is 2.79. The van der Waals surface area contributed by atoms with Crippen molar-refractivity contribution in [2.24, 2.45) is 0 Å². The largest absolute Gasteiger partial charge is 0.497 e. The molecule has 2 aromatic rings. The Morgan fingerprint density at radius 1 is 1.06 bits per heavy atom. The first-order valence-electron chi connectivity index (χ1n) is 11.6. The van der Waals surface area contributed by atoms with Crippen LogP contribution in [0.1, 0.15) is 45.7 Å². The van der Waals surface area contributed by atoms with E-state index in [9.17, 15) is 18.0 Å². The second-order valence-corrected chi connectivity index (χ2v) is 11.4. The number of carbonyl (C=O) groups is 2. The van der Waals surface area contributed by atoms with Crippen LogP contribution in [0.15, 0.2) is 48.5 Å². The fourth-order valence-corrected chi connectivity index (χ4v) is 4.51. The Morgan fingerprint density at radius 2 is 1.66 bits per heavy atom. The summed E-state index contributed by atoms with van der Waals surface area (Å²) < 4.78 is 31.8. The number of methoxy groups -OCH3 is 1. The van der Waals surface area contributed by atoms with Gasteiger partial charge in [-0.05, 0) is 63.4 Å². The predicted molar refractivity (Wildman–Crippen MR) is 139 cm³/mol. The zero-order valence-corrected chi connectivity index (χ0v) is 22.5. The summed E-state index contributed by atoms with van der Waals surface area (Å²) in [6, 6.07) is 13.5. The fraction of sp³-hybridized carbons (Fsp3) is 0.462. The van der Waals surface area contributed by atoms with Crippen LogP contribution in [0.2, 0.25) is 0 Å². The van der Waals surface area contributed by atoms with Gasteiger partial charge >= 0.3 is 0 Å². The molecule has 0 heterocycles. The van der Waals surface area contributed by atoms with E-state index in [0.29, 0.717) is 17.9 Å². The van der Waals surface area contributed by atoms with Crippen LogP contribution < -0.4 is 14.4 Å². The molecule has 0 aliphatic rings. The van der Waals surface area contributed by atoms with E-state index < -0.39 is 34.1 Å². The fourth-order valence-electron chi connectivity index (χ4n) is 3.63. The summed E-state index contributed by atoms with van der Waals surface area (Å²) in [6.45, 7) is 8.87. The zero-order chi connectivity index (χ0) is 26.4. The summed E-state index contributed by atoms with van der Waals surface area (Å²) in [5, 5.41) is 2.91. The topological polar surface area (TPSA) is 96.0 Å². The Hall–Kier alpha value is -3.07. The molecule has 0 radical (unpaired) electrons. The van der Waals surface area contributed by atoms with Gasteiger partial charge in [0.25, 0.3) is 0 Å². The van der Waals surface area contributed by atoms with Crippen molar-refractivity contribution in [1.29, 1.82) is 0 Å². The molecule has 2 amide bonds. The summed E-state index contributed by atoms with van der Waals surface area (Å²) in [6.07, 6.45) is 1.69. The molecule has 2 rings (SSSR count). The number of sulfonamides is 1. The van der Waals surface area contributed by atoms with Gasteiger partial charge in [0.1, 0.15) is 18.3 Å². The van der Waals surface area contributed by atoms with Crippen LogP contribution in [0, 0.1) is 0 Å². The lowest BCUT2D eigenvalue weighted by Gasteiger charge is -2.33. The van der Waals surface area contributed by atoms with E-state index in [1.165, 1.54) is 4.90 Å². The number of anilines is 1. The smallest absolute Gasteiger partial charge is 0.244 e. The van der Waals surface area contributed by atoms with E-state index in [4.69, 9.17) is 4.74 Å². The summed E-state index contributed by atoms with van der Waals surface area (Å²) >= 11 is 0. The first-order valence-corrected chi connectivity index (χ1v) is 13.4. The van der Waals surface area contributed by atoms with E-state index in [2.05, 4.69) is 5.32 Å². The Kier molecular flexibility index (Phi) is 9.31. The van der Waals surface area contributed by atoms with Crippen molar-refractivity contribution < 1.29 is 22.7 Å². The van der Waals surface area contributed by atoms with Gasteiger partial charge in [0, 0.05) is 12.1 Å². The maximum Gasteiger partial charge on any atom is 0.244 e. The monoisotopic (exact) mass is 503 g/mol. The third-order valence-corrected chi connectivity index (χ3v) is 6.62. The number of ether oxygens (including phenoxy) is 1. The Bertz CT molecular complexity index is 1120.